The van der Waals surface area contributed by atoms with Gasteiger partial charge in [0.2, 0.25) is 5.91 Å². The van der Waals surface area contributed by atoms with E-state index in [0.29, 0.717) is 6.42 Å². The van der Waals surface area contributed by atoms with Crippen LogP contribution in [-0.4, -0.2) is 66.1 Å². The molecule has 0 saturated carbocycles. The van der Waals surface area contributed by atoms with Crippen molar-refractivity contribution in [2.24, 2.45) is 5.92 Å². The van der Waals surface area contributed by atoms with Gasteiger partial charge in [-0.3, -0.25) is 9.59 Å². The van der Waals surface area contributed by atoms with Gasteiger partial charge in [-0.2, -0.15) is 0 Å². The van der Waals surface area contributed by atoms with Crippen molar-refractivity contribution >= 4 is 21.7 Å². The first-order valence-corrected chi connectivity index (χ1v) is 8.40. The van der Waals surface area contributed by atoms with Gasteiger partial charge in [0.15, 0.2) is 9.84 Å². The summed E-state index contributed by atoms with van der Waals surface area (Å²) in [6.07, 6.45) is 0.311. The van der Waals surface area contributed by atoms with E-state index in [1.165, 1.54) is 4.90 Å². The molecular weight excluding hydrogens is 286 g/mol. The number of carboxylic acids is 1. The van der Waals surface area contributed by atoms with Crippen LogP contribution < -0.4 is 0 Å². The Morgan fingerprint density at radius 3 is 2.45 bits per heavy atom. The normalized spacial score (nSPS) is 22.4. The SMILES string of the molecule is CC(CC(=O)O)CC(=O)N(CCO)C1CCS(=O)(=O)C1. The minimum Gasteiger partial charge on any atom is -0.481 e. The van der Waals surface area contributed by atoms with E-state index >= 15 is 0 Å². The van der Waals surface area contributed by atoms with Crippen molar-refractivity contribution in [3.05, 3.63) is 0 Å². The summed E-state index contributed by atoms with van der Waals surface area (Å²) in [5.74, 6) is -1.61. The number of aliphatic hydroxyl groups is 1. The molecule has 20 heavy (non-hydrogen) atoms. The van der Waals surface area contributed by atoms with Gasteiger partial charge in [0.1, 0.15) is 0 Å². The molecule has 2 atom stereocenters. The molecule has 0 radical (unpaired) electrons. The number of nitrogens with zero attached hydrogens (tertiary/aromatic N) is 1. The Balaban J connectivity index is 2.66. The molecule has 2 unspecified atom stereocenters. The lowest BCUT2D eigenvalue weighted by Crippen LogP contribution is -2.43. The standard InChI is InChI=1S/C12H21NO6S/c1-9(7-12(16)17)6-11(15)13(3-4-14)10-2-5-20(18,19)8-10/h9-10,14H,2-8H2,1H3,(H,16,17). The monoisotopic (exact) mass is 307 g/mol. The van der Waals surface area contributed by atoms with Crippen LogP contribution in [0.25, 0.3) is 0 Å². The third kappa shape index (κ3) is 5.09. The van der Waals surface area contributed by atoms with Crippen molar-refractivity contribution in [3.63, 3.8) is 0 Å². The lowest BCUT2D eigenvalue weighted by molar-refractivity contribution is -0.139. The maximum atomic E-state index is 12.2. The first-order valence-electron chi connectivity index (χ1n) is 6.57. The van der Waals surface area contributed by atoms with Crippen molar-refractivity contribution in [1.82, 2.24) is 4.90 Å². The van der Waals surface area contributed by atoms with Crippen LogP contribution in [0.3, 0.4) is 0 Å². The van der Waals surface area contributed by atoms with Gasteiger partial charge in [0.25, 0.3) is 0 Å². The highest BCUT2D eigenvalue weighted by Gasteiger charge is 2.34. The average Bonchev–Trinajstić information content (AvgIpc) is 2.64. The number of aliphatic hydroxyl groups excluding tert-OH is 1. The third-order valence-corrected chi connectivity index (χ3v) is 5.11. The lowest BCUT2D eigenvalue weighted by atomic mass is 10.0. The van der Waals surface area contributed by atoms with E-state index in [4.69, 9.17) is 10.2 Å². The third-order valence-electron chi connectivity index (χ3n) is 3.36. The summed E-state index contributed by atoms with van der Waals surface area (Å²) in [5, 5.41) is 17.7. The minimum atomic E-state index is -3.11. The number of aliphatic carboxylic acids is 1. The molecule has 8 heteroatoms. The van der Waals surface area contributed by atoms with Crippen molar-refractivity contribution < 1.29 is 28.2 Å². The van der Waals surface area contributed by atoms with E-state index in [9.17, 15) is 18.0 Å². The summed E-state index contributed by atoms with van der Waals surface area (Å²) in [6.45, 7) is 1.50. The van der Waals surface area contributed by atoms with Crippen molar-refractivity contribution in [2.75, 3.05) is 24.7 Å². The molecule has 0 aromatic heterocycles. The molecule has 0 aromatic rings. The maximum absolute atomic E-state index is 12.2. The van der Waals surface area contributed by atoms with Crippen LogP contribution in [0.5, 0.6) is 0 Å². The zero-order valence-electron chi connectivity index (χ0n) is 11.5. The molecule has 116 valence electrons. The van der Waals surface area contributed by atoms with Crippen molar-refractivity contribution in [3.8, 4) is 0 Å². The smallest absolute Gasteiger partial charge is 0.303 e. The second-order valence-corrected chi connectivity index (χ2v) is 7.50. The van der Waals surface area contributed by atoms with Crippen LogP contribution in [0, 0.1) is 5.92 Å². The highest BCUT2D eigenvalue weighted by molar-refractivity contribution is 7.91. The largest absolute Gasteiger partial charge is 0.481 e. The Morgan fingerprint density at radius 1 is 1.35 bits per heavy atom. The molecule has 0 bridgehead atoms. The van der Waals surface area contributed by atoms with Crippen LogP contribution >= 0.6 is 0 Å². The fourth-order valence-electron chi connectivity index (χ4n) is 2.43. The van der Waals surface area contributed by atoms with Gasteiger partial charge in [0.05, 0.1) is 18.1 Å². The molecule has 1 rings (SSSR count). The van der Waals surface area contributed by atoms with Gasteiger partial charge in [-0.15, -0.1) is 0 Å². The van der Waals surface area contributed by atoms with Crippen LogP contribution in [0.15, 0.2) is 0 Å². The van der Waals surface area contributed by atoms with E-state index in [1.807, 2.05) is 0 Å². The van der Waals surface area contributed by atoms with E-state index in [-0.39, 0.29) is 49.3 Å². The summed E-state index contributed by atoms with van der Waals surface area (Å²) >= 11 is 0. The predicted octanol–water partition coefficient (Wildman–Crippen LogP) is -0.505. The Labute approximate surface area is 118 Å². The van der Waals surface area contributed by atoms with Gasteiger partial charge in [-0.25, -0.2) is 8.42 Å². The molecule has 1 fully saturated rings. The number of hydrogen-bond donors (Lipinski definition) is 2. The summed E-state index contributed by atoms with van der Waals surface area (Å²) in [6, 6.07) is -0.406. The van der Waals surface area contributed by atoms with E-state index < -0.39 is 21.8 Å². The van der Waals surface area contributed by atoms with Gasteiger partial charge in [-0.1, -0.05) is 6.92 Å². The lowest BCUT2D eigenvalue weighted by Gasteiger charge is -2.28. The van der Waals surface area contributed by atoms with Gasteiger partial charge in [-0.05, 0) is 12.3 Å². The average molecular weight is 307 g/mol. The van der Waals surface area contributed by atoms with Gasteiger partial charge in [0, 0.05) is 25.4 Å². The molecule has 7 nitrogen and oxygen atoms in total. The predicted molar refractivity (Wildman–Crippen MR) is 71.9 cm³/mol. The Bertz CT molecular complexity index is 461. The molecule has 1 heterocycles. The highest BCUT2D eigenvalue weighted by atomic mass is 32.2. The molecule has 1 saturated heterocycles. The zero-order chi connectivity index (χ0) is 15.3. The second kappa shape index (κ2) is 7.03. The fraction of sp³-hybridized carbons (Fsp3) is 0.833. The second-order valence-electron chi connectivity index (χ2n) is 5.27. The quantitative estimate of drug-likeness (QED) is 0.655. The topological polar surface area (TPSA) is 112 Å². The Hall–Kier alpha value is -1.15. The molecule has 0 aliphatic carbocycles. The number of rotatable bonds is 7. The first kappa shape index (κ1) is 16.9. The summed E-state index contributed by atoms with van der Waals surface area (Å²) in [4.78, 5) is 24.1. The van der Waals surface area contributed by atoms with Gasteiger partial charge >= 0.3 is 5.97 Å². The summed E-state index contributed by atoms with van der Waals surface area (Å²) < 4.78 is 22.9. The van der Waals surface area contributed by atoms with Crippen LogP contribution in [0.2, 0.25) is 0 Å². The maximum Gasteiger partial charge on any atom is 0.303 e. The molecule has 0 spiro atoms. The van der Waals surface area contributed by atoms with E-state index in [0.717, 1.165) is 0 Å². The van der Waals surface area contributed by atoms with E-state index in [2.05, 4.69) is 0 Å². The Morgan fingerprint density at radius 2 is 2.00 bits per heavy atom. The first-order chi connectivity index (χ1) is 9.25. The fourth-order valence-corrected chi connectivity index (χ4v) is 4.16. The van der Waals surface area contributed by atoms with Gasteiger partial charge < -0.3 is 15.1 Å². The van der Waals surface area contributed by atoms with E-state index in [1.54, 1.807) is 6.92 Å². The molecular formula is C12H21NO6S. The van der Waals surface area contributed by atoms with Crippen molar-refractivity contribution in [2.45, 2.75) is 32.2 Å². The minimum absolute atomic E-state index is 0.0445. The summed E-state index contributed by atoms with van der Waals surface area (Å²) in [7, 11) is -3.11. The molecule has 1 aliphatic heterocycles. The molecule has 1 amide bonds. The van der Waals surface area contributed by atoms with Crippen LogP contribution in [0.1, 0.15) is 26.2 Å². The number of sulfone groups is 1. The summed E-state index contributed by atoms with van der Waals surface area (Å²) in [5.41, 5.74) is 0. The number of carboxylic acid groups (broad SMARTS) is 1. The number of amides is 1. The number of carbonyl (C=O) groups is 2. The number of carbonyl (C=O) groups excluding carboxylic acids is 1. The number of hydrogen-bond acceptors (Lipinski definition) is 5. The molecule has 2 N–H and O–H groups in total. The highest BCUT2D eigenvalue weighted by Crippen LogP contribution is 2.20. The van der Waals surface area contributed by atoms with Crippen molar-refractivity contribution in [1.29, 1.82) is 0 Å². The molecule has 1 aliphatic rings. The zero-order valence-corrected chi connectivity index (χ0v) is 12.3. The van der Waals surface area contributed by atoms with Crippen LogP contribution in [0.4, 0.5) is 0 Å². The van der Waals surface area contributed by atoms with Crippen LogP contribution in [-0.2, 0) is 19.4 Å². The Kier molecular flexibility index (Phi) is 5.94. The molecule has 0 aromatic carbocycles.